The first-order valence-corrected chi connectivity index (χ1v) is 7.37. The summed E-state index contributed by atoms with van der Waals surface area (Å²) in [6.07, 6.45) is 1.01. The Balaban J connectivity index is 2.77. The molecule has 0 unspecified atom stereocenters. The summed E-state index contributed by atoms with van der Waals surface area (Å²) in [5, 5.41) is 11.8. The molecule has 0 saturated carbocycles. The van der Waals surface area contributed by atoms with Crippen LogP contribution in [0.25, 0.3) is 0 Å². The van der Waals surface area contributed by atoms with Gasteiger partial charge in [-0.3, -0.25) is 9.59 Å². The highest BCUT2D eigenvalue weighted by atomic mass is 32.2. The molecule has 0 radical (unpaired) electrons. The van der Waals surface area contributed by atoms with Gasteiger partial charge in [-0.1, -0.05) is 13.3 Å². The second-order valence-electron chi connectivity index (χ2n) is 4.88. The van der Waals surface area contributed by atoms with Crippen molar-refractivity contribution in [2.24, 2.45) is 0 Å². The lowest BCUT2D eigenvalue weighted by Gasteiger charge is -2.29. The van der Waals surface area contributed by atoms with E-state index in [0.717, 1.165) is 0 Å². The van der Waals surface area contributed by atoms with Crippen molar-refractivity contribution in [2.75, 3.05) is 11.6 Å². The van der Waals surface area contributed by atoms with Gasteiger partial charge in [0.2, 0.25) is 11.8 Å². The number of carbonyl (C=O) groups excluding carboxylic acids is 2. The summed E-state index contributed by atoms with van der Waals surface area (Å²) >= 11 is 1.49. The first-order chi connectivity index (χ1) is 8.81. The lowest BCUT2D eigenvalue weighted by Crippen LogP contribution is -2.57. The molecule has 1 saturated heterocycles. The van der Waals surface area contributed by atoms with Crippen molar-refractivity contribution in [3.05, 3.63) is 0 Å². The van der Waals surface area contributed by atoms with Gasteiger partial charge < -0.3 is 15.3 Å². The highest BCUT2D eigenvalue weighted by Crippen LogP contribution is 2.22. The van der Waals surface area contributed by atoms with Crippen molar-refractivity contribution in [1.29, 1.82) is 0 Å². The lowest BCUT2D eigenvalue weighted by atomic mass is 9.96. The van der Waals surface area contributed by atoms with E-state index in [1.165, 1.54) is 30.5 Å². The predicted octanol–water partition coefficient (Wildman–Crippen LogP) is 0.667. The number of hydrogen-bond acceptors (Lipinski definition) is 4. The average molecular weight is 288 g/mol. The molecule has 0 bridgehead atoms. The molecule has 2 atom stereocenters. The van der Waals surface area contributed by atoms with Crippen LogP contribution >= 0.6 is 11.8 Å². The number of amides is 2. The number of hydrogen-bond donors (Lipinski definition) is 2. The molecule has 108 valence electrons. The number of carboxylic acids is 1. The monoisotopic (exact) mass is 288 g/mol. The number of carbonyl (C=O) groups is 3. The molecule has 0 spiro atoms. The third-order valence-corrected chi connectivity index (χ3v) is 4.22. The number of carboxylic acid groups (broad SMARTS) is 1. The molecule has 7 heteroatoms. The molecule has 2 amide bonds. The summed E-state index contributed by atoms with van der Waals surface area (Å²) < 4.78 is 0. The molecule has 1 fully saturated rings. The third-order valence-electron chi connectivity index (χ3n) is 3.21. The molecule has 6 nitrogen and oxygen atoms in total. The van der Waals surface area contributed by atoms with Crippen molar-refractivity contribution in [3.63, 3.8) is 0 Å². The summed E-state index contributed by atoms with van der Waals surface area (Å²) in [7, 11) is 0. The maximum Gasteiger partial charge on any atom is 0.329 e. The number of aliphatic carboxylic acids is 1. The Kier molecular flexibility index (Phi) is 5.22. The first-order valence-electron chi connectivity index (χ1n) is 6.22. The van der Waals surface area contributed by atoms with Crippen molar-refractivity contribution < 1.29 is 19.5 Å². The zero-order valence-corrected chi connectivity index (χ0v) is 12.2. The van der Waals surface area contributed by atoms with Crippen LogP contribution in [0.3, 0.4) is 0 Å². The van der Waals surface area contributed by atoms with Gasteiger partial charge in [-0.2, -0.15) is 0 Å². The van der Waals surface area contributed by atoms with E-state index in [-0.39, 0.29) is 5.91 Å². The van der Waals surface area contributed by atoms with E-state index in [1.54, 1.807) is 0 Å². The molecule has 0 aromatic heterocycles. The Morgan fingerprint density at radius 3 is 2.58 bits per heavy atom. The summed E-state index contributed by atoms with van der Waals surface area (Å²) in [4.78, 5) is 36.3. The quantitative estimate of drug-likeness (QED) is 0.776. The maximum atomic E-state index is 12.2. The van der Waals surface area contributed by atoms with Crippen LogP contribution in [0.15, 0.2) is 0 Å². The molecular weight excluding hydrogens is 268 g/mol. The molecule has 2 N–H and O–H groups in total. The van der Waals surface area contributed by atoms with Gasteiger partial charge in [-0.25, -0.2) is 4.79 Å². The predicted molar refractivity (Wildman–Crippen MR) is 72.7 cm³/mol. The molecule has 1 aliphatic rings. The summed E-state index contributed by atoms with van der Waals surface area (Å²) in [5.74, 6) is -0.628. The van der Waals surface area contributed by atoms with E-state index in [4.69, 9.17) is 0 Å². The minimum absolute atomic E-state index is 0.169. The minimum Gasteiger partial charge on any atom is -0.480 e. The van der Waals surface area contributed by atoms with E-state index >= 15 is 0 Å². The standard InChI is InChI=1S/C12H20N2O4S/c1-4-5-12(3,11(17)18)13-10(16)9-6-19-7-14(9)8(2)15/h9H,4-7H2,1-3H3,(H,13,16)(H,17,18)/t9-,12+/m0/s1. The molecule has 1 heterocycles. The zero-order chi connectivity index (χ0) is 14.6. The second-order valence-corrected chi connectivity index (χ2v) is 5.88. The SMILES string of the molecule is CCC[C@@](C)(NC(=O)[C@@H]1CSCN1C(C)=O)C(=O)O. The number of nitrogens with zero attached hydrogens (tertiary/aromatic N) is 1. The van der Waals surface area contributed by atoms with Gasteiger partial charge >= 0.3 is 5.97 Å². The topological polar surface area (TPSA) is 86.7 Å². The van der Waals surface area contributed by atoms with Crippen molar-refractivity contribution in [3.8, 4) is 0 Å². The maximum absolute atomic E-state index is 12.2. The van der Waals surface area contributed by atoms with Gasteiger partial charge in [0.15, 0.2) is 0 Å². The molecule has 0 aromatic carbocycles. The molecule has 1 aliphatic heterocycles. The van der Waals surface area contributed by atoms with Gasteiger partial charge in [-0.15, -0.1) is 11.8 Å². The van der Waals surface area contributed by atoms with E-state index in [1.807, 2.05) is 6.92 Å². The molecule has 19 heavy (non-hydrogen) atoms. The highest BCUT2D eigenvalue weighted by molar-refractivity contribution is 7.99. The lowest BCUT2D eigenvalue weighted by molar-refractivity contribution is -0.148. The van der Waals surface area contributed by atoms with Gasteiger partial charge in [0, 0.05) is 12.7 Å². The fraction of sp³-hybridized carbons (Fsp3) is 0.750. The van der Waals surface area contributed by atoms with Gasteiger partial charge in [0.25, 0.3) is 0 Å². The van der Waals surface area contributed by atoms with Crippen LogP contribution in [0.4, 0.5) is 0 Å². The zero-order valence-electron chi connectivity index (χ0n) is 11.4. The van der Waals surface area contributed by atoms with Crippen LogP contribution in [-0.2, 0) is 14.4 Å². The van der Waals surface area contributed by atoms with Gasteiger partial charge in [0.1, 0.15) is 11.6 Å². The molecule has 0 aliphatic carbocycles. The summed E-state index contributed by atoms with van der Waals surface area (Å²) in [6.45, 7) is 4.77. The van der Waals surface area contributed by atoms with Crippen LogP contribution < -0.4 is 5.32 Å². The minimum atomic E-state index is -1.28. The molecule has 1 rings (SSSR count). The average Bonchev–Trinajstić information content (AvgIpc) is 2.77. The number of nitrogens with one attached hydrogen (secondary N) is 1. The largest absolute Gasteiger partial charge is 0.480 e. The fourth-order valence-corrected chi connectivity index (χ4v) is 3.27. The van der Waals surface area contributed by atoms with E-state index < -0.39 is 23.5 Å². The van der Waals surface area contributed by atoms with E-state index in [9.17, 15) is 19.5 Å². The van der Waals surface area contributed by atoms with Gasteiger partial charge in [0.05, 0.1) is 5.88 Å². The number of rotatable bonds is 5. The van der Waals surface area contributed by atoms with Crippen LogP contribution in [0.2, 0.25) is 0 Å². The van der Waals surface area contributed by atoms with Crippen molar-refractivity contribution in [1.82, 2.24) is 10.2 Å². The van der Waals surface area contributed by atoms with E-state index in [2.05, 4.69) is 5.32 Å². The Morgan fingerprint density at radius 2 is 2.11 bits per heavy atom. The summed E-state index contributed by atoms with van der Waals surface area (Å²) in [5.41, 5.74) is -1.28. The van der Waals surface area contributed by atoms with Crippen LogP contribution in [0.5, 0.6) is 0 Å². The number of thioether (sulfide) groups is 1. The Hall–Kier alpha value is -1.24. The van der Waals surface area contributed by atoms with Gasteiger partial charge in [-0.05, 0) is 13.3 Å². The second kappa shape index (κ2) is 6.27. The smallest absolute Gasteiger partial charge is 0.329 e. The first kappa shape index (κ1) is 15.8. The Bertz CT molecular complexity index is 388. The molecule has 0 aromatic rings. The third kappa shape index (κ3) is 3.62. The Morgan fingerprint density at radius 1 is 1.47 bits per heavy atom. The fourth-order valence-electron chi connectivity index (χ4n) is 2.05. The van der Waals surface area contributed by atoms with Crippen molar-refractivity contribution in [2.45, 2.75) is 45.2 Å². The van der Waals surface area contributed by atoms with Crippen LogP contribution in [0.1, 0.15) is 33.6 Å². The highest BCUT2D eigenvalue weighted by Gasteiger charge is 2.39. The summed E-state index contributed by atoms with van der Waals surface area (Å²) in [6, 6.07) is -0.571. The Labute approximate surface area is 116 Å². The van der Waals surface area contributed by atoms with Crippen LogP contribution in [-0.4, -0.2) is 51.0 Å². The van der Waals surface area contributed by atoms with Crippen molar-refractivity contribution >= 4 is 29.5 Å². The normalized spacial score (nSPS) is 21.8. The molecular formula is C12H20N2O4S. The van der Waals surface area contributed by atoms with Crippen LogP contribution in [0, 0.1) is 0 Å². The van der Waals surface area contributed by atoms with E-state index in [0.29, 0.717) is 24.5 Å².